The predicted octanol–water partition coefficient (Wildman–Crippen LogP) is 0.784. The van der Waals surface area contributed by atoms with Gasteiger partial charge in [-0.2, -0.15) is 0 Å². The van der Waals surface area contributed by atoms with Gasteiger partial charge in [-0.3, -0.25) is 0 Å². The molecule has 0 aliphatic rings. The van der Waals surface area contributed by atoms with Crippen molar-refractivity contribution in [1.82, 2.24) is 4.72 Å². The average molecular weight is 395 g/mol. The predicted molar refractivity (Wildman–Crippen MR) is 92.6 cm³/mol. The molecule has 0 bridgehead atoms. The standard InChI is InChI=1S/C15H25NO7S2/c1-4-22-15(23-5-2)12-21-11-10-16-25(19,20)14-8-6-13(7-9-14)24(3,17)18/h6-9,15-16H,4-5,10-12H2,1-3H3. The molecule has 1 N–H and O–H groups in total. The minimum atomic E-state index is -3.73. The molecular formula is C15H25NO7S2. The Morgan fingerprint density at radius 2 is 1.48 bits per heavy atom. The Balaban J connectivity index is 2.48. The van der Waals surface area contributed by atoms with Crippen molar-refractivity contribution in [2.45, 2.75) is 29.9 Å². The van der Waals surface area contributed by atoms with E-state index >= 15 is 0 Å². The normalized spacial score (nSPS) is 12.6. The molecule has 0 aliphatic heterocycles. The van der Waals surface area contributed by atoms with E-state index in [1.807, 2.05) is 13.8 Å². The molecule has 10 heteroatoms. The van der Waals surface area contributed by atoms with Crippen molar-refractivity contribution in [3.8, 4) is 0 Å². The summed E-state index contributed by atoms with van der Waals surface area (Å²) in [5.74, 6) is 0. The van der Waals surface area contributed by atoms with Crippen LogP contribution in [0.5, 0.6) is 0 Å². The molecule has 0 fully saturated rings. The third kappa shape index (κ3) is 7.80. The highest BCUT2D eigenvalue weighted by molar-refractivity contribution is 7.90. The molecule has 25 heavy (non-hydrogen) atoms. The van der Waals surface area contributed by atoms with Gasteiger partial charge in [0.1, 0.15) is 0 Å². The van der Waals surface area contributed by atoms with Gasteiger partial charge < -0.3 is 14.2 Å². The van der Waals surface area contributed by atoms with Gasteiger partial charge >= 0.3 is 0 Å². The smallest absolute Gasteiger partial charge is 0.240 e. The van der Waals surface area contributed by atoms with E-state index in [1.165, 1.54) is 24.3 Å². The summed E-state index contributed by atoms with van der Waals surface area (Å²) in [7, 11) is -7.10. The molecule has 0 amide bonds. The van der Waals surface area contributed by atoms with Crippen molar-refractivity contribution in [2.75, 3.05) is 39.2 Å². The number of sulfonamides is 1. The van der Waals surface area contributed by atoms with E-state index in [1.54, 1.807) is 0 Å². The van der Waals surface area contributed by atoms with Crippen LogP contribution < -0.4 is 4.72 Å². The lowest BCUT2D eigenvalue weighted by atomic mass is 10.4. The Labute approximate surface area is 149 Å². The number of hydrogen-bond acceptors (Lipinski definition) is 7. The van der Waals surface area contributed by atoms with E-state index in [2.05, 4.69) is 4.72 Å². The zero-order valence-electron chi connectivity index (χ0n) is 14.6. The maximum atomic E-state index is 12.1. The second-order valence-corrected chi connectivity index (χ2v) is 8.84. The lowest BCUT2D eigenvalue weighted by Crippen LogP contribution is -2.30. The van der Waals surface area contributed by atoms with E-state index in [-0.39, 0.29) is 29.5 Å². The fourth-order valence-corrected chi connectivity index (χ4v) is 3.54. The number of sulfone groups is 1. The Bertz CT molecular complexity index is 709. The highest BCUT2D eigenvalue weighted by Gasteiger charge is 2.15. The maximum Gasteiger partial charge on any atom is 0.240 e. The third-order valence-corrected chi connectivity index (χ3v) is 5.67. The summed E-state index contributed by atoms with van der Waals surface area (Å²) < 4.78 is 65.4. The summed E-state index contributed by atoms with van der Waals surface area (Å²) >= 11 is 0. The maximum absolute atomic E-state index is 12.1. The molecule has 0 saturated carbocycles. The van der Waals surface area contributed by atoms with Gasteiger partial charge in [-0.25, -0.2) is 21.6 Å². The summed E-state index contributed by atoms with van der Waals surface area (Å²) in [4.78, 5) is 0.0501. The first-order valence-corrected chi connectivity index (χ1v) is 11.2. The number of rotatable bonds is 12. The molecule has 0 atom stereocenters. The van der Waals surface area contributed by atoms with Gasteiger partial charge in [0, 0.05) is 26.0 Å². The van der Waals surface area contributed by atoms with E-state index in [4.69, 9.17) is 14.2 Å². The van der Waals surface area contributed by atoms with Crippen LogP contribution in [0.25, 0.3) is 0 Å². The lowest BCUT2D eigenvalue weighted by Gasteiger charge is -2.16. The molecular weight excluding hydrogens is 370 g/mol. The largest absolute Gasteiger partial charge is 0.375 e. The second kappa shape index (κ2) is 10.2. The Hall–Kier alpha value is -1.04. The first kappa shape index (κ1) is 22.0. The van der Waals surface area contributed by atoms with Crippen LogP contribution in [0.2, 0.25) is 0 Å². The molecule has 144 valence electrons. The molecule has 8 nitrogen and oxygen atoms in total. The van der Waals surface area contributed by atoms with Gasteiger partial charge in [-0.15, -0.1) is 0 Å². The van der Waals surface area contributed by atoms with Gasteiger partial charge in [0.15, 0.2) is 16.1 Å². The van der Waals surface area contributed by atoms with Crippen molar-refractivity contribution in [1.29, 1.82) is 0 Å². The first-order valence-electron chi connectivity index (χ1n) is 7.81. The van der Waals surface area contributed by atoms with E-state index < -0.39 is 26.2 Å². The van der Waals surface area contributed by atoms with Crippen LogP contribution in [-0.4, -0.2) is 62.4 Å². The number of nitrogens with one attached hydrogen (secondary N) is 1. The van der Waals surface area contributed by atoms with Crippen molar-refractivity contribution in [2.24, 2.45) is 0 Å². The molecule has 1 rings (SSSR count). The summed E-state index contributed by atoms with van der Waals surface area (Å²) in [6.07, 6.45) is 0.583. The minimum Gasteiger partial charge on any atom is -0.375 e. The fourth-order valence-electron chi connectivity index (χ4n) is 1.89. The molecule has 0 saturated heterocycles. The highest BCUT2D eigenvalue weighted by atomic mass is 32.2. The van der Waals surface area contributed by atoms with Crippen molar-refractivity contribution < 1.29 is 31.0 Å². The molecule has 0 radical (unpaired) electrons. The molecule has 0 heterocycles. The van der Waals surface area contributed by atoms with Crippen LogP contribution in [0.1, 0.15) is 13.8 Å². The summed E-state index contributed by atoms with van der Waals surface area (Å²) in [5.41, 5.74) is 0. The second-order valence-electron chi connectivity index (χ2n) is 5.06. The molecule has 0 aliphatic carbocycles. The van der Waals surface area contributed by atoms with Crippen molar-refractivity contribution in [3.05, 3.63) is 24.3 Å². The quantitative estimate of drug-likeness (QED) is 0.412. The number of benzene rings is 1. The SMILES string of the molecule is CCOC(COCCNS(=O)(=O)c1ccc(S(C)(=O)=O)cc1)OCC. The number of ether oxygens (including phenoxy) is 3. The molecule has 0 spiro atoms. The van der Waals surface area contributed by atoms with Gasteiger partial charge in [0.25, 0.3) is 0 Å². The summed E-state index contributed by atoms with van der Waals surface area (Å²) in [6.45, 7) is 5.09. The van der Waals surface area contributed by atoms with Crippen LogP contribution in [0.4, 0.5) is 0 Å². The van der Waals surface area contributed by atoms with Crippen LogP contribution in [-0.2, 0) is 34.1 Å². The lowest BCUT2D eigenvalue weighted by molar-refractivity contribution is -0.166. The van der Waals surface area contributed by atoms with Crippen LogP contribution in [0.15, 0.2) is 34.1 Å². The Morgan fingerprint density at radius 3 is 1.96 bits per heavy atom. The Kier molecular flexibility index (Phi) is 8.97. The van der Waals surface area contributed by atoms with Crippen molar-refractivity contribution >= 4 is 19.9 Å². The summed E-state index contributed by atoms with van der Waals surface area (Å²) in [5, 5.41) is 0. The monoisotopic (exact) mass is 395 g/mol. The fraction of sp³-hybridized carbons (Fsp3) is 0.600. The number of hydrogen-bond donors (Lipinski definition) is 1. The highest BCUT2D eigenvalue weighted by Crippen LogP contribution is 2.14. The molecule has 1 aromatic carbocycles. The van der Waals surface area contributed by atoms with E-state index in [0.29, 0.717) is 13.2 Å². The average Bonchev–Trinajstić information content (AvgIpc) is 2.54. The summed E-state index contributed by atoms with van der Waals surface area (Å²) in [6, 6.07) is 5.02. The first-order chi connectivity index (χ1) is 11.7. The van der Waals surface area contributed by atoms with Gasteiger partial charge in [0.05, 0.1) is 23.0 Å². The topological polar surface area (TPSA) is 108 Å². The minimum absolute atomic E-state index is 0.0126. The van der Waals surface area contributed by atoms with Crippen LogP contribution >= 0.6 is 0 Å². The van der Waals surface area contributed by atoms with Crippen LogP contribution in [0.3, 0.4) is 0 Å². The van der Waals surface area contributed by atoms with Gasteiger partial charge in [-0.05, 0) is 38.1 Å². The van der Waals surface area contributed by atoms with Crippen LogP contribution in [0, 0.1) is 0 Å². The Morgan fingerprint density at radius 1 is 0.960 bits per heavy atom. The van der Waals surface area contributed by atoms with Crippen molar-refractivity contribution in [3.63, 3.8) is 0 Å². The molecule has 0 aromatic heterocycles. The zero-order valence-corrected chi connectivity index (χ0v) is 16.2. The van der Waals surface area contributed by atoms with Gasteiger partial charge in [0.2, 0.25) is 10.0 Å². The van der Waals surface area contributed by atoms with E-state index in [0.717, 1.165) is 6.26 Å². The zero-order chi connectivity index (χ0) is 18.9. The molecule has 0 unspecified atom stereocenters. The molecule has 1 aromatic rings. The van der Waals surface area contributed by atoms with E-state index in [9.17, 15) is 16.8 Å². The third-order valence-electron chi connectivity index (χ3n) is 3.06. The van der Waals surface area contributed by atoms with Gasteiger partial charge in [-0.1, -0.05) is 0 Å².